The second-order valence-electron chi connectivity index (χ2n) is 11.5. The smallest absolute Gasteiger partial charge is 0.304 e. The lowest BCUT2D eigenvalue weighted by molar-refractivity contribution is -0.160. The van der Waals surface area contributed by atoms with Crippen LogP contribution in [0, 0.1) is 11.3 Å². The number of benzene rings is 2. The average Bonchev–Trinajstić information content (AvgIpc) is 3.56. The Morgan fingerprint density at radius 3 is 2.31 bits per heavy atom. The highest BCUT2D eigenvalue weighted by atomic mass is 35.5. The number of carboxylic acids is 1. The molecule has 0 bridgehead atoms. The number of hydrogen-bond donors (Lipinski definition) is 1. The molecule has 10 heteroatoms. The minimum Gasteiger partial charge on any atom is -0.481 e. The van der Waals surface area contributed by atoms with Crippen LogP contribution in [0.2, 0.25) is 10.0 Å². The van der Waals surface area contributed by atoms with Gasteiger partial charge in [0, 0.05) is 29.1 Å². The number of rotatable bonds is 9. The summed E-state index contributed by atoms with van der Waals surface area (Å²) in [5.41, 5.74) is 0.500. The zero-order valence-corrected chi connectivity index (χ0v) is 24.3. The van der Waals surface area contributed by atoms with Crippen LogP contribution in [-0.4, -0.2) is 59.5 Å². The molecule has 2 saturated heterocycles. The predicted octanol–water partition coefficient (Wildman–Crippen LogP) is 5.74. The maximum absolute atomic E-state index is 14.5. The summed E-state index contributed by atoms with van der Waals surface area (Å²) in [4.78, 5) is 28.2. The Labute approximate surface area is 240 Å². The number of sulfonamides is 1. The number of nitrogens with zero attached hydrogens (tertiary/aromatic N) is 2. The van der Waals surface area contributed by atoms with E-state index < -0.39 is 33.5 Å². The van der Waals surface area contributed by atoms with Gasteiger partial charge in [-0.2, -0.15) is 0 Å². The van der Waals surface area contributed by atoms with Crippen LogP contribution < -0.4 is 0 Å². The van der Waals surface area contributed by atoms with E-state index in [2.05, 4.69) is 0 Å². The van der Waals surface area contributed by atoms with Gasteiger partial charge in [0.1, 0.15) is 0 Å². The molecule has 1 saturated carbocycles. The number of carbonyl (C=O) groups is 2. The summed E-state index contributed by atoms with van der Waals surface area (Å²) in [7, 11) is -3.62. The van der Waals surface area contributed by atoms with Gasteiger partial charge in [-0.25, -0.2) is 12.7 Å². The van der Waals surface area contributed by atoms with Gasteiger partial charge in [0.15, 0.2) is 0 Å². The molecule has 3 aliphatic rings. The van der Waals surface area contributed by atoms with Crippen molar-refractivity contribution in [3.05, 3.63) is 69.7 Å². The quantitative estimate of drug-likeness (QED) is 0.401. The van der Waals surface area contributed by atoms with Crippen molar-refractivity contribution in [1.82, 2.24) is 9.21 Å². The van der Waals surface area contributed by atoms with E-state index in [1.807, 2.05) is 30.3 Å². The molecule has 2 heterocycles. The van der Waals surface area contributed by atoms with Gasteiger partial charge in [-0.05, 0) is 73.4 Å². The highest BCUT2D eigenvalue weighted by molar-refractivity contribution is 7.89. The summed E-state index contributed by atoms with van der Waals surface area (Å²) in [5.74, 6) is -1.81. The zero-order chi connectivity index (χ0) is 27.9. The third-order valence-corrected chi connectivity index (χ3v) is 10.9. The molecule has 2 aromatic carbocycles. The Morgan fingerprint density at radius 2 is 1.72 bits per heavy atom. The molecule has 1 amide bonds. The van der Waals surface area contributed by atoms with Gasteiger partial charge in [-0.1, -0.05) is 54.4 Å². The van der Waals surface area contributed by atoms with Crippen molar-refractivity contribution in [2.75, 3.05) is 18.8 Å². The lowest BCUT2D eigenvalue weighted by Crippen LogP contribution is -2.58. The van der Waals surface area contributed by atoms with Crippen molar-refractivity contribution in [3.63, 3.8) is 0 Å². The first-order chi connectivity index (χ1) is 18.5. The fourth-order valence-electron chi connectivity index (χ4n) is 6.46. The number of amides is 1. The summed E-state index contributed by atoms with van der Waals surface area (Å²) in [6, 6.07) is 13.7. The van der Waals surface area contributed by atoms with Crippen molar-refractivity contribution >= 4 is 45.1 Å². The molecule has 1 unspecified atom stereocenters. The van der Waals surface area contributed by atoms with Gasteiger partial charge in [-0.15, -0.1) is 0 Å². The molecule has 4 atom stereocenters. The first-order valence-electron chi connectivity index (χ1n) is 13.5. The summed E-state index contributed by atoms with van der Waals surface area (Å²) in [6.07, 6.45) is 3.26. The lowest BCUT2D eigenvalue weighted by Gasteiger charge is -2.52. The van der Waals surface area contributed by atoms with E-state index in [-0.39, 0.29) is 29.9 Å². The Bertz CT molecular complexity index is 1340. The van der Waals surface area contributed by atoms with Crippen LogP contribution in [-0.2, 0) is 19.6 Å². The normalized spacial score (nSPS) is 27.1. The molecule has 0 aromatic heterocycles. The van der Waals surface area contributed by atoms with Gasteiger partial charge in [0.25, 0.3) is 0 Å². The molecule has 1 aliphatic carbocycles. The highest BCUT2D eigenvalue weighted by Crippen LogP contribution is 2.54. The van der Waals surface area contributed by atoms with E-state index in [9.17, 15) is 23.1 Å². The molecule has 2 aliphatic heterocycles. The van der Waals surface area contributed by atoms with Crippen LogP contribution >= 0.6 is 23.2 Å². The molecule has 3 fully saturated rings. The van der Waals surface area contributed by atoms with Gasteiger partial charge < -0.3 is 10.0 Å². The van der Waals surface area contributed by atoms with Crippen molar-refractivity contribution in [3.8, 4) is 0 Å². The molecule has 1 N–H and O–H groups in total. The molecule has 5 rings (SSSR count). The van der Waals surface area contributed by atoms with Gasteiger partial charge in [0.05, 0.1) is 29.7 Å². The van der Waals surface area contributed by atoms with Gasteiger partial charge in [-0.3, -0.25) is 9.59 Å². The molecule has 39 heavy (non-hydrogen) atoms. The van der Waals surface area contributed by atoms with E-state index in [0.29, 0.717) is 29.6 Å². The fraction of sp³-hybridized carbons (Fsp3) is 0.517. The van der Waals surface area contributed by atoms with Gasteiger partial charge >= 0.3 is 5.97 Å². The number of halogens is 2. The second kappa shape index (κ2) is 11.0. The summed E-state index contributed by atoms with van der Waals surface area (Å²) in [6.45, 7) is 2.69. The Balaban J connectivity index is 1.66. The van der Waals surface area contributed by atoms with Crippen LogP contribution in [0.4, 0.5) is 0 Å². The molecule has 7 nitrogen and oxygen atoms in total. The molecular weight excluding hydrogens is 559 g/mol. The number of carbonyl (C=O) groups excluding carboxylic acids is 1. The topological polar surface area (TPSA) is 95.0 Å². The molecule has 210 valence electrons. The third kappa shape index (κ3) is 5.99. The molecular formula is C29H34Cl2N2O5S. The number of carboxylic acid groups (broad SMARTS) is 1. The standard InChI is InChI=1S/C29H34Cl2N2O5S/c1-29(17-26(34)35)16-24(21-5-4-6-23(31)15-21)27(20-9-11-22(30)12-10-20)33(28(29)36)25(19-7-8-19)18-39(37,38)32-13-2-3-14-32/h4-6,9-12,15,19,24-25,27H,2-3,7-8,13-14,16-18H2,1H3,(H,34,35)/t24-,25?,27-,29-/m1/s1. The minimum absolute atomic E-state index is 0.0355. The monoisotopic (exact) mass is 592 g/mol. The number of piperidine rings is 1. The van der Waals surface area contributed by atoms with E-state index in [0.717, 1.165) is 36.8 Å². The van der Waals surface area contributed by atoms with Crippen molar-refractivity contribution < 1.29 is 23.1 Å². The Kier molecular flexibility index (Phi) is 8.04. The molecule has 0 spiro atoms. The summed E-state index contributed by atoms with van der Waals surface area (Å²) in [5, 5.41) is 10.9. The van der Waals surface area contributed by atoms with Crippen molar-refractivity contribution in [2.24, 2.45) is 11.3 Å². The predicted molar refractivity (Wildman–Crippen MR) is 151 cm³/mol. The number of hydrogen-bond acceptors (Lipinski definition) is 4. The maximum atomic E-state index is 14.5. The van der Waals surface area contributed by atoms with E-state index in [1.165, 1.54) is 0 Å². The Hall–Kier alpha value is -2.13. The maximum Gasteiger partial charge on any atom is 0.304 e. The van der Waals surface area contributed by atoms with E-state index >= 15 is 0 Å². The van der Waals surface area contributed by atoms with Crippen molar-refractivity contribution in [1.29, 1.82) is 0 Å². The number of likely N-dealkylation sites (tertiary alicyclic amines) is 1. The summed E-state index contributed by atoms with van der Waals surface area (Å²) < 4.78 is 28.8. The third-order valence-electron chi connectivity index (χ3n) is 8.50. The van der Waals surface area contributed by atoms with Crippen LogP contribution in [0.25, 0.3) is 0 Å². The Morgan fingerprint density at radius 1 is 1.05 bits per heavy atom. The molecule has 2 aromatic rings. The van der Waals surface area contributed by atoms with Crippen LogP contribution in [0.1, 0.15) is 68.5 Å². The van der Waals surface area contributed by atoms with Crippen LogP contribution in [0.5, 0.6) is 0 Å². The first kappa shape index (κ1) is 28.4. The minimum atomic E-state index is -3.62. The van der Waals surface area contributed by atoms with Crippen LogP contribution in [0.15, 0.2) is 48.5 Å². The lowest BCUT2D eigenvalue weighted by atomic mass is 9.67. The largest absolute Gasteiger partial charge is 0.481 e. The number of aliphatic carboxylic acids is 1. The molecule has 0 radical (unpaired) electrons. The van der Waals surface area contributed by atoms with Gasteiger partial charge in [0.2, 0.25) is 15.9 Å². The van der Waals surface area contributed by atoms with Crippen LogP contribution in [0.3, 0.4) is 0 Å². The van der Waals surface area contributed by atoms with E-state index in [4.69, 9.17) is 23.2 Å². The first-order valence-corrected chi connectivity index (χ1v) is 15.9. The van der Waals surface area contributed by atoms with E-state index in [1.54, 1.807) is 34.3 Å². The fourth-order valence-corrected chi connectivity index (χ4v) is 8.67. The summed E-state index contributed by atoms with van der Waals surface area (Å²) >= 11 is 12.6. The second-order valence-corrected chi connectivity index (χ2v) is 14.4. The zero-order valence-electron chi connectivity index (χ0n) is 21.9. The van der Waals surface area contributed by atoms with Crippen molar-refractivity contribution in [2.45, 2.75) is 63.5 Å². The average molecular weight is 594 g/mol. The SMILES string of the molecule is C[C@]1(CC(=O)O)C[C@H](c2cccc(Cl)c2)[C@@H](c2ccc(Cl)cc2)N(C(CS(=O)(=O)N2CCCC2)C2CC2)C1=O. The highest BCUT2D eigenvalue weighted by Gasteiger charge is 2.55.